The zero-order valence-electron chi connectivity index (χ0n) is 33.6. The average molecular weight is 797 g/mol. The highest BCUT2D eigenvalue weighted by Gasteiger charge is 2.42. The first-order chi connectivity index (χ1) is 28.6. The number of benzene rings is 3. The highest BCUT2D eigenvalue weighted by molar-refractivity contribution is 5.90. The van der Waals surface area contributed by atoms with Gasteiger partial charge in [0.1, 0.15) is 23.5 Å². The van der Waals surface area contributed by atoms with E-state index in [9.17, 15) is 19.2 Å². The smallest absolute Gasteiger partial charge is 0.407 e. The van der Waals surface area contributed by atoms with Crippen molar-refractivity contribution >= 4 is 45.9 Å². The van der Waals surface area contributed by atoms with Crippen LogP contribution in [0.1, 0.15) is 80.3 Å². The average Bonchev–Trinajstić information content (AvgIpc) is 4.06. The number of carbonyl (C=O) groups is 4. The molecule has 4 N–H and O–H groups in total. The molecule has 0 bridgehead atoms. The molecule has 3 amide bonds. The van der Waals surface area contributed by atoms with Crippen molar-refractivity contribution in [1.29, 1.82) is 0 Å². The number of ether oxygens (including phenoxy) is 2. The minimum Gasteiger partial charge on any atom is -0.453 e. The van der Waals surface area contributed by atoms with Crippen molar-refractivity contribution < 1.29 is 28.7 Å². The fourth-order valence-electron chi connectivity index (χ4n) is 9.36. The first-order valence-corrected chi connectivity index (χ1v) is 20.4. The number of amides is 3. The maximum atomic E-state index is 13.9. The van der Waals surface area contributed by atoms with Crippen LogP contribution in [-0.2, 0) is 32.0 Å². The molecule has 5 atom stereocenters. The Kier molecular flexibility index (Phi) is 9.93. The molecule has 14 heteroatoms. The van der Waals surface area contributed by atoms with E-state index in [2.05, 4.69) is 86.0 Å². The summed E-state index contributed by atoms with van der Waals surface area (Å²) in [5.74, 6) is 0.803. The van der Waals surface area contributed by atoms with Gasteiger partial charge in [-0.05, 0) is 89.8 Å². The number of alkyl carbamates (subject to hydrolysis) is 2. The molecular formula is C45H48N8O6. The molecule has 0 spiro atoms. The van der Waals surface area contributed by atoms with Crippen LogP contribution in [0.2, 0.25) is 0 Å². The molecule has 3 aliphatic rings. The lowest BCUT2D eigenvalue weighted by Crippen LogP contribution is -2.51. The monoisotopic (exact) mass is 796 g/mol. The number of fused-ring (bicyclic) bond motifs is 2. The summed E-state index contributed by atoms with van der Waals surface area (Å²) in [6.45, 7) is 5.03. The molecule has 304 valence electrons. The summed E-state index contributed by atoms with van der Waals surface area (Å²) in [5, 5.41) is 5.63. The van der Waals surface area contributed by atoms with Gasteiger partial charge in [-0.25, -0.2) is 19.6 Å². The fourth-order valence-corrected chi connectivity index (χ4v) is 9.36. The Labute approximate surface area is 341 Å². The number of aryl methyl sites for hydroxylation is 1. The molecule has 1 fully saturated rings. The Hall–Kier alpha value is -6.44. The molecule has 1 unspecified atom stereocenters. The van der Waals surface area contributed by atoms with Crippen LogP contribution in [0.5, 0.6) is 0 Å². The first-order valence-electron chi connectivity index (χ1n) is 20.4. The number of H-pyrrole nitrogens is 2. The van der Waals surface area contributed by atoms with Crippen LogP contribution in [0.3, 0.4) is 0 Å². The van der Waals surface area contributed by atoms with Gasteiger partial charge in [-0.15, -0.1) is 0 Å². The van der Waals surface area contributed by atoms with Crippen LogP contribution in [0, 0.1) is 5.92 Å². The van der Waals surface area contributed by atoms with Gasteiger partial charge in [0.15, 0.2) is 0 Å². The second kappa shape index (κ2) is 15.4. The predicted molar refractivity (Wildman–Crippen MR) is 222 cm³/mol. The quantitative estimate of drug-likeness (QED) is 0.126. The van der Waals surface area contributed by atoms with Crippen molar-refractivity contribution in [2.24, 2.45) is 5.92 Å². The fraction of sp³-hybridized carbons (Fsp3) is 0.378. The zero-order chi connectivity index (χ0) is 40.9. The second-order valence-corrected chi connectivity index (χ2v) is 16.3. The van der Waals surface area contributed by atoms with E-state index in [1.54, 1.807) is 0 Å². The van der Waals surface area contributed by atoms with E-state index in [4.69, 9.17) is 19.4 Å². The van der Waals surface area contributed by atoms with Gasteiger partial charge in [0.25, 0.3) is 0 Å². The van der Waals surface area contributed by atoms with Gasteiger partial charge in [0.05, 0.1) is 48.2 Å². The van der Waals surface area contributed by atoms with Crippen molar-refractivity contribution in [2.45, 2.75) is 82.5 Å². The molecule has 0 saturated carbocycles. The van der Waals surface area contributed by atoms with Gasteiger partial charge in [-0.1, -0.05) is 50.2 Å². The van der Waals surface area contributed by atoms with Gasteiger partial charge in [-0.2, -0.15) is 0 Å². The molecule has 1 saturated heterocycles. The van der Waals surface area contributed by atoms with Crippen molar-refractivity contribution in [3.63, 3.8) is 0 Å². The molecule has 14 nitrogen and oxygen atoms in total. The third-order valence-electron chi connectivity index (χ3n) is 12.4. The maximum absolute atomic E-state index is 13.9. The number of methoxy groups -OCH3 is 2. The summed E-state index contributed by atoms with van der Waals surface area (Å²) < 4.78 is 11.8. The van der Waals surface area contributed by atoms with E-state index in [1.165, 1.54) is 14.2 Å². The third kappa shape index (κ3) is 7.10. The van der Waals surface area contributed by atoms with Gasteiger partial charge >= 0.3 is 12.2 Å². The summed E-state index contributed by atoms with van der Waals surface area (Å²) in [6.07, 6.45) is 4.34. The highest BCUT2D eigenvalue weighted by atomic mass is 16.5. The molecule has 3 aromatic carbocycles. The number of rotatable bonds is 8. The number of imidazole rings is 2. The maximum Gasteiger partial charge on any atom is 0.407 e. The number of likely N-dealkylation sites (tertiary alicyclic amines) is 1. The second-order valence-electron chi connectivity index (χ2n) is 16.3. The molecule has 5 heterocycles. The van der Waals surface area contributed by atoms with Gasteiger partial charge < -0.3 is 39.5 Å². The molecule has 6 aromatic rings. The summed E-state index contributed by atoms with van der Waals surface area (Å²) in [6, 6.07) is 21.7. The van der Waals surface area contributed by atoms with Crippen LogP contribution in [-0.4, -0.2) is 86.1 Å². The summed E-state index contributed by atoms with van der Waals surface area (Å²) in [7, 11) is 2.64. The minimum absolute atomic E-state index is 0.0988. The van der Waals surface area contributed by atoms with Crippen LogP contribution in [0.15, 0.2) is 72.9 Å². The molecule has 2 aliphatic heterocycles. The molecule has 3 aromatic heterocycles. The van der Waals surface area contributed by atoms with Crippen molar-refractivity contribution in [3.05, 3.63) is 95.8 Å². The normalized spacial score (nSPS) is 20.7. The molecule has 0 radical (unpaired) electrons. The molecule has 1 aliphatic carbocycles. The van der Waals surface area contributed by atoms with Crippen molar-refractivity contribution in [3.8, 4) is 22.3 Å². The topological polar surface area (TPSA) is 176 Å². The van der Waals surface area contributed by atoms with E-state index in [0.29, 0.717) is 25.9 Å². The largest absolute Gasteiger partial charge is 0.453 e. The van der Waals surface area contributed by atoms with E-state index < -0.39 is 24.1 Å². The molecule has 59 heavy (non-hydrogen) atoms. The van der Waals surface area contributed by atoms with Gasteiger partial charge in [-0.3, -0.25) is 9.59 Å². The standard InChI is InChI=1S/C45H48N8O6/c1-24(2)39(51-45(57)59-4)43(55)53-18-5-6-36(53)42-47-32-15-13-29(21-35(32)49-42)26-9-7-25(8-10-26)28-12-14-31-34(20-28)48-41(46-31)30-22-37(54)38-33(50-44(56)58-3)16-11-27-17-19-52(23-30)40(27)38/h7-10,12-15,17,19-21,24,30,33,36,38-39H,5-6,11,16,18,22-23H2,1-4H3,(H,46,48)(H,47,49)(H,50,56)(H,51,57)/t30-,33-,36-,38?,39-/m0/s1. The van der Waals surface area contributed by atoms with E-state index in [0.717, 1.165) is 86.5 Å². The van der Waals surface area contributed by atoms with Crippen LogP contribution < -0.4 is 10.6 Å². The van der Waals surface area contributed by atoms with Crippen molar-refractivity contribution in [2.75, 3.05) is 20.8 Å². The number of Topliss-reactive ketones (excluding diaryl/α,β-unsaturated/α-hetero) is 1. The third-order valence-corrected chi connectivity index (χ3v) is 12.4. The Morgan fingerprint density at radius 3 is 2.08 bits per heavy atom. The summed E-state index contributed by atoms with van der Waals surface area (Å²) in [4.78, 5) is 70.4. The van der Waals surface area contributed by atoms with Gasteiger partial charge in [0.2, 0.25) is 5.91 Å². The van der Waals surface area contributed by atoms with E-state index in [1.807, 2.05) is 30.9 Å². The lowest BCUT2D eigenvalue weighted by atomic mass is 9.79. The number of ketones is 1. The summed E-state index contributed by atoms with van der Waals surface area (Å²) in [5.41, 5.74) is 9.81. The van der Waals surface area contributed by atoms with Crippen LogP contribution >= 0.6 is 0 Å². The number of nitrogens with one attached hydrogen (secondary N) is 4. The Morgan fingerprint density at radius 2 is 1.44 bits per heavy atom. The summed E-state index contributed by atoms with van der Waals surface area (Å²) >= 11 is 0. The SMILES string of the molecule is COC(=O)N[C@H]1CCc2ccn3c2C1C(=O)C[C@H](c1nc2ccc(-c4ccc(-c5ccc6nc([C@@H]7CCCN7C(=O)[C@@H](NC(=O)OC)C(C)C)[nH]c6c5)cc4)cc2[nH]1)C3. The lowest BCUT2D eigenvalue weighted by molar-refractivity contribution is -0.135. The van der Waals surface area contributed by atoms with E-state index >= 15 is 0 Å². The lowest BCUT2D eigenvalue weighted by Gasteiger charge is -2.31. The first kappa shape index (κ1) is 38.1. The number of nitrogens with zero attached hydrogens (tertiary/aromatic N) is 4. The number of carbonyl (C=O) groups excluding carboxylic acids is 4. The predicted octanol–water partition coefficient (Wildman–Crippen LogP) is 7.13. The number of hydrogen-bond acceptors (Lipinski definition) is 8. The Balaban J connectivity index is 0.914. The van der Waals surface area contributed by atoms with Crippen LogP contribution in [0.25, 0.3) is 44.3 Å². The zero-order valence-corrected chi connectivity index (χ0v) is 33.6. The molecular weight excluding hydrogens is 749 g/mol. The van der Waals surface area contributed by atoms with Gasteiger partial charge in [0, 0.05) is 43.4 Å². The van der Waals surface area contributed by atoms with Crippen LogP contribution in [0.4, 0.5) is 9.59 Å². The molecule has 9 rings (SSSR count). The highest BCUT2D eigenvalue weighted by Crippen LogP contribution is 2.40. The Bertz CT molecular complexity index is 2590. The number of aromatic amines is 2. The minimum atomic E-state index is -0.692. The Morgan fingerprint density at radius 1 is 0.814 bits per heavy atom. The van der Waals surface area contributed by atoms with E-state index in [-0.39, 0.29) is 35.6 Å². The van der Waals surface area contributed by atoms with Crippen molar-refractivity contribution in [1.82, 2.24) is 40.0 Å². The number of hydrogen-bond donors (Lipinski definition) is 4. The number of aromatic nitrogens is 5.